The number of halogens is 1. The van der Waals surface area contributed by atoms with Crippen LogP contribution in [0.25, 0.3) is 0 Å². The van der Waals surface area contributed by atoms with Gasteiger partial charge in [-0.2, -0.15) is 0 Å². The summed E-state index contributed by atoms with van der Waals surface area (Å²) >= 11 is 5.94. The van der Waals surface area contributed by atoms with Crippen molar-refractivity contribution in [3.8, 4) is 5.75 Å². The molecule has 0 saturated carbocycles. The highest BCUT2D eigenvalue weighted by Gasteiger charge is 2.21. The van der Waals surface area contributed by atoms with E-state index in [-0.39, 0.29) is 11.3 Å². The Morgan fingerprint density at radius 3 is 2.44 bits per heavy atom. The molecule has 27 heavy (non-hydrogen) atoms. The Hall–Kier alpha value is -2.28. The molecule has 2 N–H and O–H groups in total. The van der Waals surface area contributed by atoms with Crippen LogP contribution in [0.4, 0.5) is 5.69 Å². The van der Waals surface area contributed by atoms with Gasteiger partial charge in [0.15, 0.2) is 0 Å². The van der Waals surface area contributed by atoms with Crippen molar-refractivity contribution in [3.05, 3.63) is 58.6 Å². The number of rotatable bonds is 5. The predicted molar refractivity (Wildman–Crippen MR) is 105 cm³/mol. The van der Waals surface area contributed by atoms with Crippen molar-refractivity contribution in [3.63, 3.8) is 0 Å². The van der Waals surface area contributed by atoms with Crippen LogP contribution in [0.3, 0.4) is 0 Å². The molecule has 0 spiro atoms. The fourth-order valence-corrected chi connectivity index (χ4v) is 3.35. The van der Waals surface area contributed by atoms with Gasteiger partial charge in [0, 0.05) is 43.4 Å². The quantitative estimate of drug-likeness (QED) is 0.765. The van der Waals surface area contributed by atoms with E-state index in [0.29, 0.717) is 12.1 Å². The molecule has 7 heteroatoms. The summed E-state index contributed by atoms with van der Waals surface area (Å²) in [5, 5.41) is 21.1. The smallest absolute Gasteiger partial charge is 0.341 e. The van der Waals surface area contributed by atoms with E-state index in [4.69, 9.17) is 11.6 Å². The number of carbonyl (C=O) groups excluding carboxylic acids is 1. The Labute approximate surface area is 163 Å². The van der Waals surface area contributed by atoms with Crippen molar-refractivity contribution in [2.75, 3.05) is 44.7 Å². The number of hydrogen-bond donors (Lipinski definition) is 2. The third-order valence-electron chi connectivity index (χ3n) is 4.81. The lowest BCUT2D eigenvalue weighted by Gasteiger charge is -2.37. The first-order chi connectivity index (χ1) is 13.0. The highest BCUT2D eigenvalue weighted by molar-refractivity contribution is 6.30. The van der Waals surface area contributed by atoms with Crippen LogP contribution >= 0.6 is 11.6 Å². The number of esters is 1. The SMILES string of the molecule is COC(=O)c1cc(C(O)CN2CCN(c3ccc(Cl)cc3)CC2)ccc1O. The largest absolute Gasteiger partial charge is 0.507 e. The van der Waals surface area contributed by atoms with Gasteiger partial charge in [-0.25, -0.2) is 4.79 Å². The van der Waals surface area contributed by atoms with Crippen LogP contribution < -0.4 is 4.90 Å². The average Bonchev–Trinajstić information content (AvgIpc) is 2.69. The van der Waals surface area contributed by atoms with Crippen molar-refractivity contribution in [2.45, 2.75) is 6.10 Å². The first-order valence-electron chi connectivity index (χ1n) is 8.80. The van der Waals surface area contributed by atoms with Gasteiger partial charge in [-0.1, -0.05) is 17.7 Å². The molecule has 144 valence electrons. The Balaban J connectivity index is 1.58. The highest BCUT2D eigenvalue weighted by atomic mass is 35.5. The van der Waals surface area contributed by atoms with E-state index in [1.807, 2.05) is 24.3 Å². The number of benzene rings is 2. The minimum Gasteiger partial charge on any atom is -0.507 e. The Kier molecular flexibility index (Phi) is 6.21. The number of β-amino-alcohol motifs (C(OH)–C–C–N with tert-alkyl or cyclic N) is 1. The summed E-state index contributed by atoms with van der Waals surface area (Å²) in [6.07, 6.45) is -0.754. The number of anilines is 1. The second kappa shape index (κ2) is 8.61. The molecule has 0 aromatic heterocycles. The Morgan fingerprint density at radius 1 is 1.15 bits per heavy atom. The molecule has 1 fully saturated rings. The van der Waals surface area contributed by atoms with E-state index < -0.39 is 12.1 Å². The number of carbonyl (C=O) groups is 1. The fraction of sp³-hybridized carbons (Fsp3) is 0.350. The number of piperazine rings is 1. The van der Waals surface area contributed by atoms with Gasteiger partial charge in [0.25, 0.3) is 0 Å². The highest BCUT2D eigenvalue weighted by Crippen LogP contribution is 2.25. The Bertz CT molecular complexity index is 789. The second-order valence-electron chi connectivity index (χ2n) is 6.55. The molecule has 0 bridgehead atoms. The van der Waals surface area contributed by atoms with Crippen molar-refractivity contribution in [1.29, 1.82) is 0 Å². The van der Waals surface area contributed by atoms with E-state index in [1.165, 1.54) is 19.2 Å². The summed E-state index contributed by atoms with van der Waals surface area (Å²) in [7, 11) is 1.26. The number of aliphatic hydroxyl groups excluding tert-OH is 1. The first-order valence-corrected chi connectivity index (χ1v) is 9.18. The van der Waals surface area contributed by atoms with Gasteiger partial charge in [-0.15, -0.1) is 0 Å². The van der Waals surface area contributed by atoms with Crippen molar-refractivity contribution in [2.24, 2.45) is 0 Å². The molecule has 3 rings (SSSR count). The molecular formula is C20H23ClN2O4. The van der Waals surface area contributed by atoms with Crippen LogP contribution in [0.15, 0.2) is 42.5 Å². The molecule has 1 unspecified atom stereocenters. The maximum atomic E-state index is 11.7. The molecule has 6 nitrogen and oxygen atoms in total. The van der Waals surface area contributed by atoms with Crippen LogP contribution in [0, 0.1) is 0 Å². The van der Waals surface area contributed by atoms with E-state index in [9.17, 15) is 15.0 Å². The van der Waals surface area contributed by atoms with Crippen molar-refractivity contribution >= 4 is 23.3 Å². The minimum absolute atomic E-state index is 0.0570. The van der Waals surface area contributed by atoms with Gasteiger partial charge in [-0.05, 0) is 42.0 Å². The zero-order chi connectivity index (χ0) is 19.4. The molecule has 1 atom stereocenters. The van der Waals surface area contributed by atoms with Gasteiger partial charge in [-0.3, -0.25) is 4.90 Å². The monoisotopic (exact) mass is 390 g/mol. The number of phenols is 1. The van der Waals surface area contributed by atoms with E-state index in [2.05, 4.69) is 14.5 Å². The van der Waals surface area contributed by atoms with Gasteiger partial charge < -0.3 is 19.8 Å². The van der Waals surface area contributed by atoms with Crippen LogP contribution in [-0.4, -0.2) is 60.9 Å². The Morgan fingerprint density at radius 2 is 1.81 bits per heavy atom. The van der Waals surface area contributed by atoms with Crippen molar-refractivity contribution in [1.82, 2.24) is 4.90 Å². The van der Waals surface area contributed by atoms with Crippen LogP contribution in [0.5, 0.6) is 5.75 Å². The lowest BCUT2D eigenvalue weighted by Crippen LogP contribution is -2.47. The van der Waals surface area contributed by atoms with Crippen LogP contribution in [0.2, 0.25) is 5.02 Å². The van der Waals surface area contributed by atoms with Gasteiger partial charge in [0.1, 0.15) is 11.3 Å². The molecule has 2 aromatic rings. The van der Waals surface area contributed by atoms with Gasteiger partial charge >= 0.3 is 5.97 Å². The zero-order valence-electron chi connectivity index (χ0n) is 15.1. The summed E-state index contributed by atoms with van der Waals surface area (Å²) in [6.45, 7) is 3.82. The number of aliphatic hydroxyl groups is 1. The molecule has 0 aliphatic carbocycles. The molecule has 0 amide bonds. The minimum atomic E-state index is -0.754. The number of hydrogen-bond acceptors (Lipinski definition) is 6. The fourth-order valence-electron chi connectivity index (χ4n) is 3.22. The topological polar surface area (TPSA) is 73.2 Å². The van der Waals surface area contributed by atoms with E-state index >= 15 is 0 Å². The number of phenolic OH excluding ortho intramolecular Hbond substituents is 1. The molecule has 1 saturated heterocycles. The third-order valence-corrected chi connectivity index (χ3v) is 5.06. The summed E-state index contributed by atoms with van der Waals surface area (Å²) in [6, 6.07) is 12.3. The predicted octanol–water partition coefficient (Wildman–Crippen LogP) is 2.69. The van der Waals surface area contributed by atoms with Gasteiger partial charge in [0.05, 0.1) is 13.2 Å². The molecule has 0 radical (unpaired) electrons. The normalized spacial score (nSPS) is 16.2. The summed E-state index contributed by atoms with van der Waals surface area (Å²) in [5.41, 5.74) is 1.77. The maximum absolute atomic E-state index is 11.7. The molecule has 1 aliphatic rings. The number of methoxy groups -OCH3 is 1. The summed E-state index contributed by atoms with van der Waals surface area (Å²) < 4.78 is 4.66. The zero-order valence-corrected chi connectivity index (χ0v) is 15.9. The average molecular weight is 391 g/mol. The standard InChI is InChI=1S/C20H23ClN2O4/c1-27-20(26)17-12-14(2-7-18(17)24)19(25)13-22-8-10-23(11-9-22)16-5-3-15(21)4-6-16/h2-7,12,19,24-25H,8-11,13H2,1H3. The maximum Gasteiger partial charge on any atom is 0.341 e. The number of nitrogens with zero attached hydrogens (tertiary/aromatic N) is 2. The van der Waals surface area contributed by atoms with Crippen LogP contribution in [0.1, 0.15) is 22.0 Å². The molecule has 1 heterocycles. The van der Waals surface area contributed by atoms with Crippen LogP contribution in [-0.2, 0) is 4.74 Å². The third kappa shape index (κ3) is 4.71. The lowest BCUT2D eigenvalue weighted by atomic mass is 10.0. The number of aromatic hydroxyl groups is 1. The van der Waals surface area contributed by atoms with Gasteiger partial charge in [0.2, 0.25) is 0 Å². The number of ether oxygens (including phenoxy) is 1. The first kappa shape index (κ1) is 19.5. The molecule has 1 aliphatic heterocycles. The molecular weight excluding hydrogens is 368 g/mol. The summed E-state index contributed by atoms with van der Waals surface area (Å²) in [4.78, 5) is 16.2. The second-order valence-corrected chi connectivity index (χ2v) is 6.98. The van der Waals surface area contributed by atoms with E-state index in [1.54, 1.807) is 6.07 Å². The van der Waals surface area contributed by atoms with E-state index in [0.717, 1.165) is 36.9 Å². The lowest BCUT2D eigenvalue weighted by molar-refractivity contribution is 0.0596. The summed E-state index contributed by atoms with van der Waals surface area (Å²) in [5.74, 6) is -0.785. The van der Waals surface area contributed by atoms with Crippen molar-refractivity contribution < 1.29 is 19.7 Å². The molecule has 2 aromatic carbocycles.